The van der Waals surface area contributed by atoms with Crippen molar-refractivity contribution < 1.29 is 14.3 Å². The molecule has 0 spiro atoms. The van der Waals surface area contributed by atoms with Crippen molar-refractivity contribution in [1.82, 2.24) is 15.0 Å². The first-order chi connectivity index (χ1) is 14.3. The Labute approximate surface area is 171 Å². The third-order valence-corrected chi connectivity index (χ3v) is 4.48. The van der Waals surface area contributed by atoms with Gasteiger partial charge in [0.15, 0.2) is 0 Å². The van der Waals surface area contributed by atoms with Gasteiger partial charge in [-0.2, -0.15) is 0 Å². The highest BCUT2D eigenvalue weighted by molar-refractivity contribution is 7.07. The number of aromatic nitrogens is 3. The lowest BCUT2D eigenvalue weighted by Crippen LogP contribution is -2.13. The van der Waals surface area contributed by atoms with Gasteiger partial charge in [0, 0.05) is 29.5 Å². The average Bonchev–Trinajstić information content (AvgIpc) is 3.27. The molecule has 4 aromatic rings. The Bertz CT molecular complexity index is 1090. The third-order valence-electron chi connectivity index (χ3n) is 3.84. The van der Waals surface area contributed by atoms with E-state index in [-0.39, 0.29) is 5.91 Å². The van der Waals surface area contributed by atoms with Gasteiger partial charge in [-0.25, -0.2) is 9.97 Å². The second-order valence-corrected chi connectivity index (χ2v) is 6.61. The van der Waals surface area contributed by atoms with E-state index < -0.39 is 0 Å². The maximum Gasteiger partial charge on any atom is 0.259 e. The SMILES string of the molecule is O=C(Nc1cccc(Oc2cnccn2)c1)c1ccccc1OCc1cscn1. The number of carbonyl (C=O) groups is 1. The molecular weight excluding hydrogens is 388 g/mol. The predicted octanol–water partition coefficient (Wildman–Crippen LogP) is 4.56. The zero-order valence-electron chi connectivity index (χ0n) is 15.2. The van der Waals surface area contributed by atoms with E-state index >= 15 is 0 Å². The van der Waals surface area contributed by atoms with E-state index in [1.54, 1.807) is 60.4 Å². The molecule has 2 heterocycles. The van der Waals surface area contributed by atoms with Crippen molar-refractivity contribution in [2.75, 3.05) is 5.32 Å². The standard InChI is InChI=1S/C21H16N4O3S/c26-21(18-6-1-2-7-19(18)27-12-16-13-29-14-24-16)25-15-4-3-5-17(10-15)28-20-11-22-8-9-23-20/h1-11,13-14H,12H2,(H,25,26). The van der Waals surface area contributed by atoms with Crippen molar-refractivity contribution in [3.63, 3.8) is 0 Å². The summed E-state index contributed by atoms with van der Waals surface area (Å²) < 4.78 is 11.4. The molecule has 0 aliphatic carbocycles. The van der Waals surface area contributed by atoms with Gasteiger partial charge < -0.3 is 14.8 Å². The monoisotopic (exact) mass is 404 g/mol. The van der Waals surface area contributed by atoms with Gasteiger partial charge in [0.25, 0.3) is 5.91 Å². The maximum atomic E-state index is 12.8. The lowest BCUT2D eigenvalue weighted by atomic mass is 10.2. The first kappa shape index (κ1) is 18.6. The van der Waals surface area contributed by atoms with Crippen LogP contribution in [-0.4, -0.2) is 20.9 Å². The number of anilines is 1. The smallest absolute Gasteiger partial charge is 0.259 e. The molecular formula is C21H16N4O3S. The molecule has 0 saturated heterocycles. The summed E-state index contributed by atoms with van der Waals surface area (Å²) in [5.74, 6) is 1.12. The van der Waals surface area contributed by atoms with Gasteiger partial charge in [-0.05, 0) is 24.3 Å². The van der Waals surface area contributed by atoms with Gasteiger partial charge in [0.05, 0.1) is 23.0 Å². The number of nitrogens with zero attached hydrogens (tertiary/aromatic N) is 3. The summed E-state index contributed by atoms with van der Waals surface area (Å²) in [7, 11) is 0. The van der Waals surface area contributed by atoms with Crippen LogP contribution >= 0.6 is 11.3 Å². The Kier molecular flexibility index (Phi) is 5.73. The molecule has 2 aromatic heterocycles. The van der Waals surface area contributed by atoms with E-state index in [2.05, 4.69) is 20.3 Å². The molecule has 0 saturated carbocycles. The Balaban J connectivity index is 1.46. The molecule has 7 nitrogen and oxygen atoms in total. The fourth-order valence-corrected chi connectivity index (χ4v) is 3.08. The summed E-state index contributed by atoms with van der Waals surface area (Å²) in [5.41, 5.74) is 3.58. The Morgan fingerprint density at radius 1 is 1.07 bits per heavy atom. The summed E-state index contributed by atoms with van der Waals surface area (Å²) in [6, 6.07) is 14.1. The van der Waals surface area contributed by atoms with Crippen LogP contribution in [-0.2, 0) is 6.61 Å². The highest BCUT2D eigenvalue weighted by Gasteiger charge is 2.13. The minimum Gasteiger partial charge on any atom is -0.486 e. The van der Waals surface area contributed by atoms with Gasteiger partial charge in [-0.1, -0.05) is 18.2 Å². The number of rotatable bonds is 7. The third kappa shape index (κ3) is 4.94. The maximum absolute atomic E-state index is 12.8. The molecule has 0 atom stereocenters. The molecule has 29 heavy (non-hydrogen) atoms. The summed E-state index contributed by atoms with van der Waals surface area (Å²) in [5, 5.41) is 4.78. The van der Waals surface area contributed by atoms with E-state index in [9.17, 15) is 4.79 Å². The fraction of sp³-hybridized carbons (Fsp3) is 0.0476. The summed E-state index contributed by atoms with van der Waals surface area (Å²) in [4.78, 5) is 25.0. The van der Waals surface area contributed by atoms with Gasteiger partial charge in [-0.15, -0.1) is 11.3 Å². The van der Waals surface area contributed by atoms with Crippen molar-refractivity contribution in [1.29, 1.82) is 0 Å². The number of hydrogen-bond donors (Lipinski definition) is 1. The highest BCUT2D eigenvalue weighted by atomic mass is 32.1. The topological polar surface area (TPSA) is 86.2 Å². The molecule has 1 amide bonds. The number of ether oxygens (including phenoxy) is 2. The normalized spacial score (nSPS) is 10.3. The van der Waals surface area contributed by atoms with Crippen molar-refractivity contribution in [2.45, 2.75) is 6.61 Å². The van der Waals surface area contributed by atoms with E-state index in [0.29, 0.717) is 35.2 Å². The van der Waals surface area contributed by atoms with Crippen LogP contribution in [0.2, 0.25) is 0 Å². The zero-order valence-corrected chi connectivity index (χ0v) is 16.0. The van der Waals surface area contributed by atoms with Crippen molar-refractivity contribution in [3.05, 3.63) is 89.3 Å². The molecule has 0 bridgehead atoms. The van der Waals surface area contributed by atoms with Crippen LogP contribution in [0.5, 0.6) is 17.4 Å². The van der Waals surface area contributed by atoms with Crippen LogP contribution in [0.1, 0.15) is 16.1 Å². The van der Waals surface area contributed by atoms with Crippen LogP contribution in [0.25, 0.3) is 0 Å². The van der Waals surface area contributed by atoms with Crippen LogP contribution in [0.15, 0.2) is 78.0 Å². The van der Waals surface area contributed by atoms with E-state index in [1.165, 1.54) is 17.5 Å². The second kappa shape index (κ2) is 8.94. The molecule has 1 N–H and O–H groups in total. The van der Waals surface area contributed by atoms with Crippen molar-refractivity contribution in [2.24, 2.45) is 0 Å². The van der Waals surface area contributed by atoms with Crippen LogP contribution < -0.4 is 14.8 Å². The number of para-hydroxylation sites is 1. The van der Waals surface area contributed by atoms with Crippen LogP contribution in [0, 0.1) is 0 Å². The van der Waals surface area contributed by atoms with Gasteiger partial charge in [0.1, 0.15) is 18.1 Å². The van der Waals surface area contributed by atoms with E-state index in [4.69, 9.17) is 9.47 Å². The minimum absolute atomic E-state index is 0.282. The molecule has 2 aromatic carbocycles. The molecule has 0 aliphatic rings. The largest absolute Gasteiger partial charge is 0.486 e. The number of benzene rings is 2. The molecule has 8 heteroatoms. The summed E-state index contributed by atoms with van der Waals surface area (Å²) >= 11 is 1.50. The van der Waals surface area contributed by atoms with Crippen molar-refractivity contribution >= 4 is 22.9 Å². The summed E-state index contributed by atoms with van der Waals surface area (Å²) in [6.07, 6.45) is 4.63. The molecule has 0 unspecified atom stereocenters. The zero-order chi connectivity index (χ0) is 19.9. The lowest BCUT2D eigenvalue weighted by molar-refractivity contribution is 0.102. The highest BCUT2D eigenvalue weighted by Crippen LogP contribution is 2.24. The Morgan fingerprint density at radius 3 is 2.83 bits per heavy atom. The number of nitrogens with one attached hydrogen (secondary N) is 1. The first-order valence-electron chi connectivity index (χ1n) is 8.72. The lowest BCUT2D eigenvalue weighted by Gasteiger charge is -2.12. The van der Waals surface area contributed by atoms with Crippen LogP contribution in [0.4, 0.5) is 5.69 Å². The molecule has 0 radical (unpaired) electrons. The number of hydrogen-bond acceptors (Lipinski definition) is 7. The first-order valence-corrected chi connectivity index (χ1v) is 9.66. The second-order valence-electron chi connectivity index (χ2n) is 5.89. The van der Waals surface area contributed by atoms with Gasteiger partial charge >= 0.3 is 0 Å². The molecule has 0 fully saturated rings. The fourth-order valence-electron chi connectivity index (χ4n) is 2.54. The quantitative estimate of drug-likeness (QED) is 0.486. The van der Waals surface area contributed by atoms with E-state index in [0.717, 1.165) is 5.69 Å². The van der Waals surface area contributed by atoms with Gasteiger partial charge in [-0.3, -0.25) is 9.78 Å². The van der Waals surface area contributed by atoms with Crippen LogP contribution in [0.3, 0.4) is 0 Å². The minimum atomic E-state index is -0.282. The average molecular weight is 404 g/mol. The Hall–Kier alpha value is -3.78. The molecule has 0 aliphatic heterocycles. The number of amides is 1. The Morgan fingerprint density at radius 2 is 2.00 bits per heavy atom. The number of carbonyl (C=O) groups excluding carboxylic acids is 1. The van der Waals surface area contributed by atoms with Gasteiger partial charge in [0.2, 0.25) is 5.88 Å². The predicted molar refractivity (Wildman–Crippen MR) is 109 cm³/mol. The molecule has 4 rings (SSSR count). The number of thiazole rings is 1. The molecule has 144 valence electrons. The van der Waals surface area contributed by atoms with E-state index in [1.807, 2.05) is 11.4 Å². The summed E-state index contributed by atoms with van der Waals surface area (Å²) in [6.45, 7) is 0.301. The van der Waals surface area contributed by atoms with Crippen molar-refractivity contribution in [3.8, 4) is 17.4 Å².